The molecule has 1 heterocycles. The lowest BCUT2D eigenvalue weighted by molar-refractivity contribution is -0.0690. The largest absolute Gasteiger partial charge is 0.485 e. The van der Waals surface area contributed by atoms with Crippen molar-refractivity contribution in [2.24, 2.45) is 0 Å². The molecule has 0 atom stereocenters. The molecule has 3 nitrogen and oxygen atoms in total. The maximum Gasteiger partial charge on any atom is 0.191 e. The Bertz CT molecular complexity index is 381. The Labute approximate surface area is 99.4 Å². The average molecular weight is 295 g/mol. The fourth-order valence-corrected chi connectivity index (χ4v) is 1.59. The van der Waals surface area contributed by atoms with Crippen molar-refractivity contribution in [3.8, 4) is 5.75 Å². The van der Waals surface area contributed by atoms with E-state index in [1.54, 1.807) is 0 Å². The molecule has 0 saturated carbocycles. The summed E-state index contributed by atoms with van der Waals surface area (Å²) in [6, 6.07) is 2.00. The van der Waals surface area contributed by atoms with Crippen LogP contribution in [0.3, 0.4) is 0 Å². The van der Waals surface area contributed by atoms with Crippen molar-refractivity contribution in [1.29, 1.82) is 0 Å². The monoisotopic (exact) mass is 294 g/mol. The first-order chi connectivity index (χ1) is 7.66. The van der Waals surface area contributed by atoms with E-state index in [2.05, 4.69) is 15.9 Å². The van der Waals surface area contributed by atoms with Crippen LogP contribution in [0.1, 0.15) is 0 Å². The Hall–Kier alpha value is -0.720. The number of hydrogen-bond acceptors (Lipinski definition) is 3. The Morgan fingerprint density at radius 3 is 2.62 bits per heavy atom. The van der Waals surface area contributed by atoms with Crippen molar-refractivity contribution in [2.75, 3.05) is 19.8 Å². The van der Waals surface area contributed by atoms with Gasteiger partial charge in [-0.05, 0) is 22.0 Å². The van der Waals surface area contributed by atoms with Crippen LogP contribution < -0.4 is 4.74 Å². The zero-order valence-electron chi connectivity index (χ0n) is 8.21. The molecule has 1 saturated heterocycles. The molecule has 0 radical (unpaired) electrons. The molecule has 2 rings (SSSR count). The van der Waals surface area contributed by atoms with Crippen molar-refractivity contribution in [3.05, 3.63) is 28.2 Å². The highest BCUT2D eigenvalue weighted by Gasteiger charge is 2.18. The van der Waals surface area contributed by atoms with E-state index in [1.165, 1.54) is 0 Å². The summed E-state index contributed by atoms with van der Waals surface area (Å²) in [5.41, 5.74) is 0. The third-order valence-corrected chi connectivity index (χ3v) is 2.65. The van der Waals surface area contributed by atoms with Crippen molar-refractivity contribution in [2.45, 2.75) is 6.29 Å². The highest BCUT2D eigenvalue weighted by Crippen LogP contribution is 2.25. The molecule has 1 aliphatic rings. The highest BCUT2D eigenvalue weighted by atomic mass is 79.9. The minimum Gasteiger partial charge on any atom is -0.485 e. The summed E-state index contributed by atoms with van der Waals surface area (Å²) >= 11 is 2.88. The maximum absolute atomic E-state index is 13.3. The fraction of sp³-hybridized carbons (Fsp3) is 0.400. The average Bonchev–Trinajstić information content (AvgIpc) is 2.74. The third-order valence-electron chi connectivity index (χ3n) is 2.04. The summed E-state index contributed by atoms with van der Waals surface area (Å²) in [6.45, 7) is 1.02. The number of ether oxygens (including phenoxy) is 3. The molecular weight excluding hydrogens is 286 g/mol. The van der Waals surface area contributed by atoms with Gasteiger partial charge >= 0.3 is 0 Å². The van der Waals surface area contributed by atoms with Crippen LogP contribution in [-0.4, -0.2) is 26.1 Å². The van der Waals surface area contributed by atoms with Crippen LogP contribution in [0.2, 0.25) is 0 Å². The molecule has 1 aromatic rings. The Morgan fingerprint density at radius 2 is 1.94 bits per heavy atom. The van der Waals surface area contributed by atoms with Crippen LogP contribution in [0.5, 0.6) is 5.75 Å². The lowest BCUT2D eigenvalue weighted by Gasteiger charge is -2.11. The van der Waals surface area contributed by atoms with Gasteiger partial charge in [-0.25, -0.2) is 8.78 Å². The van der Waals surface area contributed by atoms with Crippen LogP contribution in [0, 0.1) is 11.6 Å². The molecule has 16 heavy (non-hydrogen) atoms. The predicted molar refractivity (Wildman–Crippen MR) is 55.2 cm³/mol. The SMILES string of the molecule is Fc1cc(OCC2OCCO2)c(F)cc1Br. The van der Waals surface area contributed by atoms with E-state index in [1.807, 2.05) is 0 Å². The first-order valence-electron chi connectivity index (χ1n) is 4.67. The van der Waals surface area contributed by atoms with E-state index in [9.17, 15) is 8.78 Å². The smallest absolute Gasteiger partial charge is 0.191 e. The van der Waals surface area contributed by atoms with Crippen molar-refractivity contribution >= 4 is 15.9 Å². The van der Waals surface area contributed by atoms with Crippen molar-refractivity contribution in [3.63, 3.8) is 0 Å². The zero-order chi connectivity index (χ0) is 11.5. The van der Waals surface area contributed by atoms with Gasteiger partial charge in [-0.1, -0.05) is 0 Å². The number of benzene rings is 1. The normalized spacial score (nSPS) is 16.7. The summed E-state index contributed by atoms with van der Waals surface area (Å²) in [6.07, 6.45) is -0.508. The molecule has 1 fully saturated rings. The molecule has 0 unspecified atom stereocenters. The standard InChI is InChI=1S/C10H9BrF2O3/c11-6-3-8(13)9(4-7(6)12)16-5-10-14-1-2-15-10/h3-4,10H,1-2,5H2. The van der Waals surface area contributed by atoms with Crippen molar-refractivity contribution < 1.29 is 23.0 Å². The molecule has 0 N–H and O–H groups in total. The molecule has 6 heteroatoms. The van der Waals surface area contributed by atoms with Gasteiger partial charge in [-0.15, -0.1) is 0 Å². The van der Waals surface area contributed by atoms with E-state index < -0.39 is 17.9 Å². The predicted octanol–water partition coefficient (Wildman–Crippen LogP) is 2.48. The zero-order valence-corrected chi connectivity index (χ0v) is 9.80. The first kappa shape index (κ1) is 11.8. The van der Waals surface area contributed by atoms with E-state index in [-0.39, 0.29) is 16.8 Å². The van der Waals surface area contributed by atoms with Gasteiger partial charge in [0, 0.05) is 6.07 Å². The third kappa shape index (κ3) is 2.69. The molecule has 0 amide bonds. The molecule has 0 aromatic heterocycles. The molecule has 1 aromatic carbocycles. The second-order valence-corrected chi connectivity index (χ2v) is 4.03. The van der Waals surface area contributed by atoms with Crippen LogP contribution in [0.25, 0.3) is 0 Å². The second kappa shape index (κ2) is 5.07. The Kier molecular flexibility index (Phi) is 3.73. The number of halogens is 3. The lowest BCUT2D eigenvalue weighted by Crippen LogP contribution is -2.18. The molecular formula is C10H9BrF2O3. The van der Waals surface area contributed by atoms with E-state index in [0.717, 1.165) is 12.1 Å². The van der Waals surface area contributed by atoms with E-state index in [4.69, 9.17) is 14.2 Å². The second-order valence-electron chi connectivity index (χ2n) is 3.18. The number of hydrogen-bond donors (Lipinski definition) is 0. The van der Waals surface area contributed by atoms with Gasteiger partial charge in [0.1, 0.15) is 12.4 Å². The minimum atomic E-state index is -0.633. The van der Waals surface area contributed by atoms with Gasteiger partial charge in [-0.2, -0.15) is 0 Å². The van der Waals surface area contributed by atoms with Crippen LogP contribution in [-0.2, 0) is 9.47 Å². The van der Waals surface area contributed by atoms with Crippen LogP contribution >= 0.6 is 15.9 Å². The van der Waals surface area contributed by atoms with Gasteiger partial charge in [0.2, 0.25) is 0 Å². The lowest BCUT2D eigenvalue weighted by atomic mass is 10.3. The Balaban J connectivity index is 2.00. The van der Waals surface area contributed by atoms with Crippen LogP contribution in [0.15, 0.2) is 16.6 Å². The summed E-state index contributed by atoms with van der Waals surface area (Å²) in [5, 5.41) is 0. The highest BCUT2D eigenvalue weighted by molar-refractivity contribution is 9.10. The van der Waals surface area contributed by atoms with Crippen LogP contribution in [0.4, 0.5) is 8.78 Å². The maximum atomic E-state index is 13.3. The molecule has 0 spiro atoms. The molecule has 1 aliphatic heterocycles. The first-order valence-corrected chi connectivity index (χ1v) is 5.46. The Morgan fingerprint density at radius 1 is 1.25 bits per heavy atom. The quantitative estimate of drug-likeness (QED) is 0.802. The van der Waals surface area contributed by atoms with Gasteiger partial charge in [0.15, 0.2) is 17.9 Å². The molecule has 0 aliphatic carbocycles. The van der Waals surface area contributed by atoms with E-state index >= 15 is 0 Å². The van der Waals surface area contributed by atoms with Crippen molar-refractivity contribution in [1.82, 2.24) is 0 Å². The summed E-state index contributed by atoms with van der Waals surface area (Å²) in [4.78, 5) is 0. The molecule has 88 valence electrons. The summed E-state index contributed by atoms with van der Waals surface area (Å²) in [5.74, 6) is -1.37. The number of rotatable bonds is 3. The topological polar surface area (TPSA) is 27.7 Å². The minimum absolute atomic E-state index is 0.0397. The van der Waals surface area contributed by atoms with Gasteiger partial charge in [-0.3, -0.25) is 0 Å². The molecule has 0 bridgehead atoms. The summed E-state index contributed by atoms with van der Waals surface area (Å²) < 4.78 is 41.7. The van der Waals surface area contributed by atoms with E-state index in [0.29, 0.717) is 13.2 Å². The van der Waals surface area contributed by atoms with Gasteiger partial charge < -0.3 is 14.2 Å². The fourth-order valence-electron chi connectivity index (χ4n) is 1.28. The summed E-state index contributed by atoms with van der Waals surface area (Å²) in [7, 11) is 0. The van der Waals surface area contributed by atoms with Gasteiger partial charge in [0.05, 0.1) is 17.7 Å². The van der Waals surface area contributed by atoms with Gasteiger partial charge in [0.25, 0.3) is 0 Å².